The molecule has 1 aliphatic rings. The van der Waals surface area contributed by atoms with Gasteiger partial charge in [0.15, 0.2) is 0 Å². The Labute approximate surface area is 89.1 Å². The second kappa shape index (κ2) is 3.81. The van der Waals surface area contributed by atoms with Crippen LogP contribution in [0.2, 0.25) is 0 Å². The van der Waals surface area contributed by atoms with Gasteiger partial charge in [0.05, 0.1) is 0 Å². The zero-order valence-electron chi connectivity index (χ0n) is 8.83. The maximum Gasteiger partial charge on any atom is 0.117 e. The highest BCUT2D eigenvalue weighted by molar-refractivity contribution is 5.30. The largest absolute Gasteiger partial charge is 0.508 e. The van der Waals surface area contributed by atoms with Gasteiger partial charge < -0.3 is 10.4 Å². The third-order valence-corrected chi connectivity index (χ3v) is 3.16. The van der Waals surface area contributed by atoms with Crippen LogP contribution in [0.5, 0.6) is 5.75 Å². The molecule has 1 fully saturated rings. The van der Waals surface area contributed by atoms with Gasteiger partial charge in [0.25, 0.3) is 0 Å². The van der Waals surface area contributed by atoms with Crippen molar-refractivity contribution in [3.05, 3.63) is 29.8 Å². The molecule has 82 valence electrons. The predicted octanol–water partition coefficient (Wildman–Crippen LogP) is 2.20. The summed E-state index contributed by atoms with van der Waals surface area (Å²) >= 11 is 0. The van der Waals surface area contributed by atoms with E-state index in [-0.39, 0.29) is 11.7 Å². The van der Waals surface area contributed by atoms with E-state index >= 15 is 0 Å². The first-order valence-corrected chi connectivity index (χ1v) is 5.28. The van der Waals surface area contributed by atoms with Gasteiger partial charge in [-0.3, -0.25) is 0 Å². The highest BCUT2D eigenvalue weighted by atomic mass is 19.1. The van der Waals surface area contributed by atoms with Crippen LogP contribution in [0.25, 0.3) is 0 Å². The quantitative estimate of drug-likeness (QED) is 0.743. The lowest BCUT2D eigenvalue weighted by Crippen LogP contribution is -2.43. The smallest absolute Gasteiger partial charge is 0.117 e. The normalized spacial score (nSPS) is 31.5. The highest BCUT2D eigenvalue weighted by Crippen LogP contribution is 2.36. The first kappa shape index (κ1) is 10.4. The number of hydrogen-bond donors (Lipinski definition) is 2. The van der Waals surface area contributed by atoms with Gasteiger partial charge in [-0.05, 0) is 37.6 Å². The van der Waals surface area contributed by atoms with Crippen molar-refractivity contribution in [3.8, 4) is 5.75 Å². The topological polar surface area (TPSA) is 32.3 Å². The Balaban J connectivity index is 2.25. The molecule has 0 spiro atoms. The molecule has 2 unspecified atom stereocenters. The number of benzene rings is 1. The van der Waals surface area contributed by atoms with Crippen LogP contribution in [-0.4, -0.2) is 23.9 Å². The van der Waals surface area contributed by atoms with Crippen molar-refractivity contribution in [1.82, 2.24) is 5.32 Å². The van der Waals surface area contributed by atoms with Gasteiger partial charge in [0, 0.05) is 12.5 Å². The van der Waals surface area contributed by atoms with Crippen molar-refractivity contribution in [2.24, 2.45) is 0 Å². The van der Waals surface area contributed by atoms with E-state index in [0.29, 0.717) is 13.0 Å². The van der Waals surface area contributed by atoms with Gasteiger partial charge in [0.1, 0.15) is 11.4 Å². The number of alkyl halides is 1. The summed E-state index contributed by atoms with van der Waals surface area (Å²) < 4.78 is 14.2. The second-order valence-electron chi connectivity index (χ2n) is 4.38. The van der Waals surface area contributed by atoms with Crippen molar-refractivity contribution in [2.75, 3.05) is 13.1 Å². The maximum absolute atomic E-state index is 14.2. The highest BCUT2D eigenvalue weighted by Gasteiger charge is 2.37. The second-order valence-corrected chi connectivity index (χ2v) is 4.38. The molecule has 2 atom stereocenters. The van der Waals surface area contributed by atoms with E-state index in [2.05, 4.69) is 5.32 Å². The third-order valence-electron chi connectivity index (χ3n) is 3.16. The molecule has 15 heavy (non-hydrogen) atoms. The van der Waals surface area contributed by atoms with Gasteiger partial charge in [-0.1, -0.05) is 12.1 Å². The molecule has 0 amide bonds. The number of hydrogen-bond acceptors (Lipinski definition) is 2. The molecule has 0 aromatic heterocycles. The Kier molecular flexibility index (Phi) is 2.65. The summed E-state index contributed by atoms with van der Waals surface area (Å²) in [6, 6.07) is 6.82. The van der Waals surface area contributed by atoms with Crippen LogP contribution in [0, 0.1) is 0 Å². The van der Waals surface area contributed by atoms with E-state index in [0.717, 1.165) is 12.1 Å². The molecule has 1 aromatic rings. The van der Waals surface area contributed by atoms with Crippen molar-refractivity contribution in [3.63, 3.8) is 0 Å². The molecule has 2 rings (SSSR count). The van der Waals surface area contributed by atoms with Crippen LogP contribution >= 0.6 is 0 Å². The fraction of sp³-hybridized carbons (Fsp3) is 0.500. The van der Waals surface area contributed by atoms with E-state index in [1.165, 1.54) is 0 Å². The first-order valence-electron chi connectivity index (χ1n) is 5.28. The Morgan fingerprint density at radius 1 is 1.40 bits per heavy atom. The van der Waals surface area contributed by atoms with E-state index in [9.17, 15) is 9.50 Å². The Hall–Kier alpha value is -1.09. The molecule has 0 saturated carbocycles. The Bertz CT molecular complexity index is 334. The number of rotatable bonds is 1. The molecule has 0 aliphatic carbocycles. The summed E-state index contributed by atoms with van der Waals surface area (Å²) in [5.41, 5.74) is -0.201. The minimum Gasteiger partial charge on any atom is -0.508 e. The zero-order chi connectivity index (χ0) is 10.9. The fourth-order valence-corrected chi connectivity index (χ4v) is 2.14. The van der Waals surface area contributed by atoms with E-state index in [1.54, 1.807) is 31.2 Å². The molecule has 2 N–H and O–H groups in total. The van der Waals surface area contributed by atoms with Crippen LogP contribution in [0.1, 0.15) is 24.8 Å². The SMILES string of the molecule is CC1(F)CCNCC1c1ccc(O)cc1. The van der Waals surface area contributed by atoms with Gasteiger partial charge in [0.2, 0.25) is 0 Å². The Morgan fingerprint density at radius 2 is 2.07 bits per heavy atom. The summed E-state index contributed by atoms with van der Waals surface area (Å²) in [5.74, 6) is 0.106. The monoisotopic (exact) mass is 209 g/mol. The minimum absolute atomic E-state index is 0.119. The van der Waals surface area contributed by atoms with Crippen LogP contribution in [0.4, 0.5) is 4.39 Å². The van der Waals surface area contributed by atoms with Crippen LogP contribution in [0.3, 0.4) is 0 Å². The average molecular weight is 209 g/mol. The minimum atomic E-state index is -1.15. The van der Waals surface area contributed by atoms with E-state index < -0.39 is 5.67 Å². The number of phenolic OH excluding ortho intramolecular Hbond substituents is 1. The molecule has 1 aromatic carbocycles. The summed E-state index contributed by atoms with van der Waals surface area (Å²) in [6.07, 6.45) is 0.540. The van der Waals surface area contributed by atoms with E-state index in [4.69, 9.17) is 0 Å². The lowest BCUT2D eigenvalue weighted by molar-refractivity contribution is 0.110. The molecule has 0 radical (unpaired) electrons. The number of nitrogens with one attached hydrogen (secondary N) is 1. The van der Waals surface area contributed by atoms with Crippen LogP contribution < -0.4 is 5.32 Å². The van der Waals surface area contributed by atoms with Gasteiger partial charge in [-0.15, -0.1) is 0 Å². The lowest BCUT2D eigenvalue weighted by Gasteiger charge is -2.35. The third kappa shape index (κ3) is 2.12. The predicted molar refractivity (Wildman–Crippen MR) is 57.8 cm³/mol. The average Bonchev–Trinajstić information content (AvgIpc) is 2.19. The van der Waals surface area contributed by atoms with Gasteiger partial charge in [-0.2, -0.15) is 0 Å². The van der Waals surface area contributed by atoms with Gasteiger partial charge in [-0.25, -0.2) is 4.39 Å². The van der Waals surface area contributed by atoms with Crippen molar-refractivity contribution >= 4 is 0 Å². The number of piperidine rings is 1. The molecule has 1 aliphatic heterocycles. The maximum atomic E-state index is 14.2. The molecule has 1 saturated heterocycles. The van der Waals surface area contributed by atoms with Crippen LogP contribution in [-0.2, 0) is 0 Å². The van der Waals surface area contributed by atoms with Crippen molar-refractivity contribution < 1.29 is 9.50 Å². The Morgan fingerprint density at radius 3 is 2.67 bits per heavy atom. The standard InChI is InChI=1S/C12H16FNO/c1-12(13)6-7-14-8-11(12)9-2-4-10(15)5-3-9/h2-5,11,14-15H,6-8H2,1H3. The molecule has 2 nitrogen and oxygen atoms in total. The van der Waals surface area contributed by atoms with Gasteiger partial charge >= 0.3 is 0 Å². The summed E-state index contributed by atoms with van der Waals surface area (Å²) in [4.78, 5) is 0. The van der Waals surface area contributed by atoms with Crippen molar-refractivity contribution in [1.29, 1.82) is 0 Å². The number of phenols is 1. The zero-order valence-corrected chi connectivity index (χ0v) is 8.83. The van der Waals surface area contributed by atoms with E-state index in [1.807, 2.05) is 0 Å². The fourth-order valence-electron chi connectivity index (χ4n) is 2.14. The summed E-state index contributed by atoms with van der Waals surface area (Å²) in [6.45, 7) is 3.06. The summed E-state index contributed by atoms with van der Waals surface area (Å²) in [5, 5.41) is 12.4. The lowest BCUT2D eigenvalue weighted by atomic mass is 9.80. The number of halogens is 1. The summed E-state index contributed by atoms with van der Waals surface area (Å²) in [7, 11) is 0. The van der Waals surface area contributed by atoms with Crippen LogP contribution in [0.15, 0.2) is 24.3 Å². The molecule has 0 bridgehead atoms. The van der Waals surface area contributed by atoms with Crippen molar-refractivity contribution in [2.45, 2.75) is 24.9 Å². The molecular formula is C12H16FNO. The number of aromatic hydroxyl groups is 1. The first-order chi connectivity index (χ1) is 7.09. The molecule has 3 heteroatoms. The molecular weight excluding hydrogens is 193 g/mol. The molecule has 1 heterocycles.